The zero-order valence-corrected chi connectivity index (χ0v) is 12.3. The van der Waals surface area contributed by atoms with Crippen LogP contribution in [0.4, 0.5) is 5.82 Å². The van der Waals surface area contributed by atoms with Gasteiger partial charge in [0.2, 0.25) is 0 Å². The fourth-order valence-electron chi connectivity index (χ4n) is 1.71. The number of anilines is 1. The van der Waals surface area contributed by atoms with Gasteiger partial charge in [0.15, 0.2) is 0 Å². The Morgan fingerprint density at radius 2 is 2.20 bits per heavy atom. The second-order valence-electron chi connectivity index (χ2n) is 4.07. The van der Waals surface area contributed by atoms with Crippen molar-refractivity contribution in [3.05, 3.63) is 46.1 Å². The van der Waals surface area contributed by atoms with Gasteiger partial charge in [0, 0.05) is 13.2 Å². The highest BCUT2D eigenvalue weighted by Gasteiger charge is 2.10. The van der Waals surface area contributed by atoms with E-state index in [0.717, 1.165) is 5.56 Å². The van der Waals surface area contributed by atoms with Gasteiger partial charge in [0.25, 0.3) is 5.91 Å². The average Bonchev–Trinajstić information content (AvgIpc) is 2.82. The maximum absolute atomic E-state index is 11.5. The lowest BCUT2D eigenvalue weighted by atomic mass is 10.2. The number of aromatic nitrogens is 2. The molecule has 0 aliphatic heterocycles. The number of rotatable bonds is 5. The molecule has 1 aromatic carbocycles. The summed E-state index contributed by atoms with van der Waals surface area (Å²) < 4.78 is 6.40. The molecule has 106 valence electrons. The lowest BCUT2D eigenvalue weighted by Crippen LogP contribution is -2.20. The van der Waals surface area contributed by atoms with Gasteiger partial charge in [0.05, 0.1) is 22.8 Å². The SMILES string of the molecule is COCC(=O)Nc1ccnn1Cc1cccc(Cl)c1Cl. The molecule has 0 bridgehead atoms. The molecule has 0 aliphatic rings. The third kappa shape index (κ3) is 3.50. The molecule has 1 heterocycles. The first-order valence-corrected chi connectivity index (χ1v) is 6.61. The summed E-state index contributed by atoms with van der Waals surface area (Å²) in [6.07, 6.45) is 1.60. The van der Waals surface area contributed by atoms with E-state index in [9.17, 15) is 4.79 Å². The highest BCUT2D eigenvalue weighted by Crippen LogP contribution is 2.26. The molecule has 0 atom stereocenters. The number of carbonyl (C=O) groups is 1. The highest BCUT2D eigenvalue weighted by molar-refractivity contribution is 6.42. The van der Waals surface area contributed by atoms with Crippen molar-refractivity contribution in [2.75, 3.05) is 19.0 Å². The monoisotopic (exact) mass is 313 g/mol. The normalized spacial score (nSPS) is 10.6. The van der Waals surface area contributed by atoms with Crippen LogP contribution in [-0.2, 0) is 16.1 Å². The molecule has 0 fully saturated rings. The Labute approximate surface area is 126 Å². The number of ether oxygens (including phenoxy) is 1. The molecular weight excluding hydrogens is 301 g/mol. The Balaban J connectivity index is 2.16. The number of carbonyl (C=O) groups excluding carboxylic acids is 1. The maximum atomic E-state index is 11.5. The van der Waals surface area contributed by atoms with Crippen molar-refractivity contribution in [1.29, 1.82) is 0 Å². The molecule has 0 aliphatic carbocycles. The van der Waals surface area contributed by atoms with E-state index < -0.39 is 0 Å². The number of hydrogen-bond acceptors (Lipinski definition) is 3. The minimum absolute atomic E-state index is 0.0108. The van der Waals surface area contributed by atoms with Gasteiger partial charge in [-0.25, -0.2) is 4.68 Å². The Bertz CT molecular complexity index is 613. The van der Waals surface area contributed by atoms with Crippen molar-refractivity contribution in [2.45, 2.75) is 6.54 Å². The van der Waals surface area contributed by atoms with E-state index in [2.05, 4.69) is 10.4 Å². The molecule has 20 heavy (non-hydrogen) atoms. The molecule has 7 heteroatoms. The number of amides is 1. The van der Waals surface area contributed by atoms with E-state index in [1.807, 2.05) is 12.1 Å². The van der Waals surface area contributed by atoms with Crippen molar-refractivity contribution < 1.29 is 9.53 Å². The van der Waals surface area contributed by atoms with E-state index in [1.165, 1.54) is 7.11 Å². The molecular formula is C13H13Cl2N3O2. The van der Waals surface area contributed by atoms with Crippen molar-refractivity contribution in [3.63, 3.8) is 0 Å². The minimum Gasteiger partial charge on any atom is -0.375 e. The Kier molecular flexibility index (Phi) is 5.00. The molecule has 2 rings (SSSR count). The van der Waals surface area contributed by atoms with Crippen LogP contribution in [0.25, 0.3) is 0 Å². The summed E-state index contributed by atoms with van der Waals surface area (Å²) in [4.78, 5) is 11.5. The topological polar surface area (TPSA) is 56.1 Å². The molecule has 0 spiro atoms. The zero-order valence-electron chi connectivity index (χ0n) is 10.8. The predicted molar refractivity (Wildman–Crippen MR) is 78.3 cm³/mol. The summed E-state index contributed by atoms with van der Waals surface area (Å²) in [6.45, 7) is 0.401. The van der Waals surface area contributed by atoms with E-state index in [-0.39, 0.29) is 12.5 Å². The van der Waals surface area contributed by atoms with Crippen LogP contribution in [0.3, 0.4) is 0 Å². The number of hydrogen-bond donors (Lipinski definition) is 1. The first kappa shape index (κ1) is 14.8. The molecule has 0 radical (unpaired) electrons. The first-order valence-electron chi connectivity index (χ1n) is 5.85. The second-order valence-corrected chi connectivity index (χ2v) is 4.85. The quantitative estimate of drug-likeness (QED) is 0.923. The Morgan fingerprint density at radius 1 is 1.40 bits per heavy atom. The van der Waals surface area contributed by atoms with Crippen molar-refractivity contribution in [1.82, 2.24) is 9.78 Å². The summed E-state index contributed by atoms with van der Waals surface area (Å²) in [6, 6.07) is 7.09. The fourth-order valence-corrected chi connectivity index (χ4v) is 2.09. The summed E-state index contributed by atoms with van der Waals surface area (Å²) in [5, 5.41) is 7.83. The molecule has 5 nitrogen and oxygen atoms in total. The summed E-state index contributed by atoms with van der Waals surface area (Å²) in [7, 11) is 1.46. The third-order valence-electron chi connectivity index (χ3n) is 2.61. The molecule has 0 unspecified atom stereocenters. The number of methoxy groups -OCH3 is 1. The lowest BCUT2D eigenvalue weighted by Gasteiger charge is -2.10. The maximum Gasteiger partial charge on any atom is 0.251 e. The molecule has 1 amide bonds. The molecule has 1 N–H and O–H groups in total. The van der Waals surface area contributed by atoms with Crippen LogP contribution in [0.15, 0.2) is 30.5 Å². The van der Waals surface area contributed by atoms with E-state index >= 15 is 0 Å². The number of nitrogens with one attached hydrogen (secondary N) is 1. The van der Waals surface area contributed by atoms with Gasteiger partial charge < -0.3 is 10.1 Å². The van der Waals surface area contributed by atoms with Crippen molar-refractivity contribution in [2.24, 2.45) is 0 Å². The Hall–Kier alpha value is -1.56. The smallest absolute Gasteiger partial charge is 0.251 e. The molecule has 0 saturated heterocycles. The van der Waals surface area contributed by atoms with Gasteiger partial charge in [0.1, 0.15) is 12.4 Å². The summed E-state index contributed by atoms with van der Waals surface area (Å²) in [5.41, 5.74) is 0.824. The summed E-state index contributed by atoms with van der Waals surface area (Å²) >= 11 is 12.1. The van der Waals surface area contributed by atoms with Crippen LogP contribution < -0.4 is 5.32 Å². The zero-order chi connectivity index (χ0) is 14.5. The van der Waals surface area contributed by atoms with Gasteiger partial charge in [-0.3, -0.25) is 4.79 Å². The van der Waals surface area contributed by atoms with Gasteiger partial charge in [-0.15, -0.1) is 0 Å². The van der Waals surface area contributed by atoms with E-state index in [1.54, 1.807) is 23.0 Å². The predicted octanol–water partition coefficient (Wildman–Crippen LogP) is 2.82. The Morgan fingerprint density at radius 3 is 2.95 bits per heavy atom. The van der Waals surface area contributed by atoms with E-state index in [4.69, 9.17) is 27.9 Å². The highest BCUT2D eigenvalue weighted by atomic mass is 35.5. The van der Waals surface area contributed by atoms with Crippen LogP contribution in [0.5, 0.6) is 0 Å². The van der Waals surface area contributed by atoms with E-state index in [0.29, 0.717) is 22.4 Å². The van der Waals surface area contributed by atoms with Crippen LogP contribution in [0.2, 0.25) is 10.0 Å². The molecule has 1 aromatic heterocycles. The molecule has 0 saturated carbocycles. The van der Waals surface area contributed by atoms with Gasteiger partial charge in [-0.05, 0) is 11.6 Å². The first-order chi connectivity index (χ1) is 9.61. The third-order valence-corrected chi connectivity index (χ3v) is 3.47. The largest absolute Gasteiger partial charge is 0.375 e. The van der Waals surface area contributed by atoms with Crippen LogP contribution >= 0.6 is 23.2 Å². The fraction of sp³-hybridized carbons (Fsp3) is 0.231. The average molecular weight is 314 g/mol. The standard InChI is InChI=1S/C13H13Cl2N3O2/c1-20-8-12(19)17-11-5-6-16-18(11)7-9-3-2-4-10(14)13(9)15/h2-6H,7-8H2,1H3,(H,17,19). The lowest BCUT2D eigenvalue weighted by molar-refractivity contribution is -0.119. The van der Waals surface area contributed by atoms with Crippen LogP contribution in [-0.4, -0.2) is 29.4 Å². The number of halogens is 2. The number of benzene rings is 1. The van der Waals surface area contributed by atoms with Gasteiger partial charge in [-0.1, -0.05) is 35.3 Å². The number of nitrogens with zero attached hydrogens (tertiary/aromatic N) is 2. The minimum atomic E-state index is -0.244. The van der Waals surface area contributed by atoms with Gasteiger partial charge in [-0.2, -0.15) is 5.10 Å². The second kappa shape index (κ2) is 6.74. The van der Waals surface area contributed by atoms with Crippen LogP contribution in [0.1, 0.15) is 5.56 Å². The summed E-state index contributed by atoms with van der Waals surface area (Å²) in [5.74, 6) is 0.328. The van der Waals surface area contributed by atoms with Crippen molar-refractivity contribution >= 4 is 34.9 Å². The van der Waals surface area contributed by atoms with Crippen molar-refractivity contribution in [3.8, 4) is 0 Å². The van der Waals surface area contributed by atoms with Crippen LogP contribution in [0, 0.1) is 0 Å². The molecule has 2 aromatic rings. The van der Waals surface area contributed by atoms with Gasteiger partial charge >= 0.3 is 0 Å².